The van der Waals surface area contributed by atoms with Crippen molar-refractivity contribution in [2.75, 3.05) is 6.54 Å². The molecule has 0 rings (SSSR count). The Morgan fingerprint density at radius 1 is 1.43 bits per heavy atom. The molecule has 0 radical (unpaired) electrons. The van der Waals surface area contributed by atoms with Crippen LogP contribution in [0.2, 0.25) is 0 Å². The first-order valence-electron chi connectivity index (χ1n) is 4.96. The third-order valence-electron chi connectivity index (χ3n) is 1.76. The fourth-order valence-electron chi connectivity index (χ4n) is 0.957. The van der Waals surface area contributed by atoms with Gasteiger partial charge in [0.25, 0.3) is 0 Å². The van der Waals surface area contributed by atoms with Crippen LogP contribution in [0.4, 0.5) is 4.79 Å². The summed E-state index contributed by atoms with van der Waals surface area (Å²) >= 11 is 0. The van der Waals surface area contributed by atoms with Crippen LogP contribution < -0.4 is 11.1 Å². The Bertz CT molecular complexity index is 185. The largest absolute Gasteiger partial charge is 0.444 e. The van der Waals surface area contributed by atoms with Gasteiger partial charge in [-0.1, -0.05) is 13.8 Å². The average molecular weight is 202 g/mol. The molecule has 3 N–H and O–H groups in total. The van der Waals surface area contributed by atoms with Crippen molar-refractivity contribution in [2.45, 2.75) is 46.3 Å². The molecule has 0 fully saturated rings. The maximum atomic E-state index is 11.3. The topological polar surface area (TPSA) is 64.3 Å². The van der Waals surface area contributed by atoms with Crippen LogP contribution in [0.25, 0.3) is 0 Å². The van der Waals surface area contributed by atoms with Gasteiger partial charge in [0, 0.05) is 12.6 Å². The molecular formula is C10H22N2O2. The van der Waals surface area contributed by atoms with Crippen molar-refractivity contribution in [1.29, 1.82) is 0 Å². The lowest BCUT2D eigenvalue weighted by atomic mass is 10.1. The van der Waals surface area contributed by atoms with Gasteiger partial charge in [-0.2, -0.15) is 0 Å². The summed E-state index contributed by atoms with van der Waals surface area (Å²) < 4.78 is 5.11. The summed E-state index contributed by atoms with van der Waals surface area (Å²) in [4.78, 5) is 11.3. The van der Waals surface area contributed by atoms with Crippen LogP contribution >= 0.6 is 0 Å². The van der Waals surface area contributed by atoms with Crippen LogP contribution in [0.1, 0.15) is 34.6 Å². The molecule has 4 heteroatoms. The molecule has 1 atom stereocenters. The zero-order valence-corrected chi connectivity index (χ0v) is 9.76. The Labute approximate surface area is 86.2 Å². The lowest BCUT2D eigenvalue weighted by Crippen LogP contribution is -2.45. The molecule has 0 aromatic rings. The van der Waals surface area contributed by atoms with E-state index in [-0.39, 0.29) is 6.04 Å². The van der Waals surface area contributed by atoms with E-state index in [1.165, 1.54) is 0 Å². The highest BCUT2D eigenvalue weighted by Crippen LogP contribution is 2.08. The second-order valence-electron chi connectivity index (χ2n) is 4.73. The molecule has 4 nitrogen and oxygen atoms in total. The minimum absolute atomic E-state index is 0.0233. The first kappa shape index (κ1) is 13.2. The Hall–Kier alpha value is -0.770. The summed E-state index contributed by atoms with van der Waals surface area (Å²) in [6.45, 7) is 9.94. The SMILES string of the molecule is CC(C)[C@H](CN)NC(=O)OC(C)(C)C. The third kappa shape index (κ3) is 5.80. The highest BCUT2D eigenvalue weighted by molar-refractivity contribution is 5.68. The van der Waals surface area contributed by atoms with Gasteiger partial charge >= 0.3 is 6.09 Å². The number of rotatable bonds is 3. The van der Waals surface area contributed by atoms with Gasteiger partial charge in [-0.3, -0.25) is 0 Å². The molecule has 14 heavy (non-hydrogen) atoms. The third-order valence-corrected chi connectivity index (χ3v) is 1.76. The van der Waals surface area contributed by atoms with E-state index in [0.717, 1.165) is 0 Å². The predicted octanol–water partition coefficient (Wildman–Crippen LogP) is 1.49. The zero-order valence-electron chi connectivity index (χ0n) is 9.76. The van der Waals surface area contributed by atoms with Crippen LogP contribution in [0.3, 0.4) is 0 Å². The van der Waals surface area contributed by atoms with Gasteiger partial charge in [0.1, 0.15) is 5.60 Å². The van der Waals surface area contributed by atoms with Crippen molar-refractivity contribution in [2.24, 2.45) is 11.7 Å². The maximum absolute atomic E-state index is 11.3. The molecule has 0 saturated carbocycles. The molecule has 0 saturated heterocycles. The van der Waals surface area contributed by atoms with Crippen LogP contribution in [-0.2, 0) is 4.74 Å². The van der Waals surface area contributed by atoms with E-state index in [1.54, 1.807) is 0 Å². The molecule has 0 spiro atoms. The van der Waals surface area contributed by atoms with Gasteiger partial charge in [-0.15, -0.1) is 0 Å². The molecule has 0 heterocycles. The number of hydrogen-bond acceptors (Lipinski definition) is 3. The summed E-state index contributed by atoms with van der Waals surface area (Å²) in [5.74, 6) is 0.313. The predicted molar refractivity (Wildman–Crippen MR) is 57.1 cm³/mol. The van der Waals surface area contributed by atoms with E-state index in [1.807, 2.05) is 34.6 Å². The molecule has 0 aromatic heterocycles. The van der Waals surface area contributed by atoms with Gasteiger partial charge in [-0.25, -0.2) is 4.79 Å². The Balaban J connectivity index is 4.04. The van der Waals surface area contributed by atoms with Crippen molar-refractivity contribution < 1.29 is 9.53 Å². The fourth-order valence-corrected chi connectivity index (χ4v) is 0.957. The summed E-state index contributed by atoms with van der Waals surface area (Å²) in [6, 6.07) is -0.0233. The monoisotopic (exact) mass is 202 g/mol. The maximum Gasteiger partial charge on any atom is 0.407 e. The smallest absolute Gasteiger partial charge is 0.407 e. The van der Waals surface area contributed by atoms with Gasteiger partial charge in [0.05, 0.1) is 0 Å². The Kier molecular flexibility index (Phi) is 4.91. The lowest BCUT2D eigenvalue weighted by Gasteiger charge is -2.24. The minimum Gasteiger partial charge on any atom is -0.444 e. The van der Waals surface area contributed by atoms with Crippen molar-refractivity contribution in [3.05, 3.63) is 0 Å². The molecule has 0 aliphatic heterocycles. The molecule has 1 amide bonds. The van der Waals surface area contributed by atoms with Gasteiger partial charge < -0.3 is 15.8 Å². The standard InChI is InChI=1S/C10H22N2O2/c1-7(2)8(6-11)12-9(13)14-10(3,4)5/h7-8H,6,11H2,1-5H3,(H,12,13)/t8-/m0/s1. The Morgan fingerprint density at radius 2 is 1.93 bits per heavy atom. The molecular weight excluding hydrogens is 180 g/mol. The van der Waals surface area contributed by atoms with Gasteiger partial charge in [0.2, 0.25) is 0 Å². The van der Waals surface area contributed by atoms with E-state index < -0.39 is 11.7 Å². The molecule has 0 unspecified atom stereocenters. The zero-order chi connectivity index (χ0) is 11.4. The lowest BCUT2D eigenvalue weighted by molar-refractivity contribution is 0.0493. The Morgan fingerprint density at radius 3 is 2.21 bits per heavy atom. The second kappa shape index (κ2) is 5.20. The fraction of sp³-hybridized carbons (Fsp3) is 0.900. The molecule has 0 bridgehead atoms. The summed E-state index contributed by atoms with van der Waals surface area (Å²) in [5, 5.41) is 2.74. The van der Waals surface area contributed by atoms with Crippen molar-refractivity contribution >= 4 is 6.09 Å². The van der Waals surface area contributed by atoms with Crippen molar-refractivity contribution in [1.82, 2.24) is 5.32 Å². The quantitative estimate of drug-likeness (QED) is 0.729. The molecule has 0 aliphatic rings. The van der Waals surface area contributed by atoms with Crippen LogP contribution in [0, 0.1) is 5.92 Å². The molecule has 0 aromatic carbocycles. The number of alkyl carbamates (subject to hydrolysis) is 1. The van der Waals surface area contributed by atoms with E-state index >= 15 is 0 Å². The van der Waals surface area contributed by atoms with E-state index in [0.29, 0.717) is 12.5 Å². The second-order valence-corrected chi connectivity index (χ2v) is 4.73. The van der Waals surface area contributed by atoms with Gasteiger partial charge in [-0.05, 0) is 26.7 Å². The van der Waals surface area contributed by atoms with Crippen LogP contribution in [0.15, 0.2) is 0 Å². The molecule has 0 aliphatic carbocycles. The molecule has 84 valence electrons. The average Bonchev–Trinajstić information content (AvgIpc) is 1.96. The first-order valence-corrected chi connectivity index (χ1v) is 4.96. The van der Waals surface area contributed by atoms with Crippen molar-refractivity contribution in [3.8, 4) is 0 Å². The van der Waals surface area contributed by atoms with Gasteiger partial charge in [0.15, 0.2) is 0 Å². The first-order chi connectivity index (χ1) is 6.26. The summed E-state index contributed by atoms with van der Waals surface area (Å²) in [5.41, 5.74) is 5.06. The summed E-state index contributed by atoms with van der Waals surface area (Å²) in [7, 11) is 0. The van der Waals surface area contributed by atoms with E-state index in [2.05, 4.69) is 5.32 Å². The number of hydrogen-bond donors (Lipinski definition) is 2. The van der Waals surface area contributed by atoms with E-state index in [4.69, 9.17) is 10.5 Å². The number of carbonyl (C=O) groups is 1. The minimum atomic E-state index is -0.458. The number of ether oxygens (including phenoxy) is 1. The summed E-state index contributed by atoms with van der Waals surface area (Å²) in [6.07, 6.45) is -0.401. The van der Waals surface area contributed by atoms with E-state index in [9.17, 15) is 4.79 Å². The normalized spacial score (nSPS) is 13.9. The number of nitrogens with two attached hydrogens (primary N) is 1. The van der Waals surface area contributed by atoms with Crippen molar-refractivity contribution in [3.63, 3.8) is 0 Å². The number of amides is 1. The highest BCUT2D eigenvalue weighted by Gasteiger charge is 2.20. The number of carbonyl (C=O) groups excluding carboxylic acids is 1. The number of nitrogens with one attached hydrogen (secondary N) is 1. The highest BCUT2D eigenvalue weighted by atomic mass is 16.6. The van der Waals surface area contributed by atoms with Crippen LogP contribution in [0.5, 0.6) is 0 Å². The van der Waals surface area contributed by atoms with Crippen LogP contribution in [-0.4, -0.2) is 24.3 Å².